The highest BCUT2D eigenvalue weighted by molar-refractivity contribution is 6.06. The largest absolute Gasteiger partial charge is 0.506 e. The summed E-state index contributed by atoms with van der Waals surface area (Å²) in [6.07, 6.45) is -9.45. The van der Waals surface area contributed by atoms with Crippen molar-refractivity contribution in [2.24, 2.45) is 0 Å². The molecule has 3 aromatic carbocycles. The Morgan fingerprint density at radius 1 is 0.957 bits per heavy atom. The maximum absolute atomic E-state index is 14.0. The fraction of sp³-hybridized carbons (Fsp3) is 0.312. The number of methoxy groups -OCH3 is 1. The van der Waals surface area contributed by atoms with Crippen molar-refractivity contribution in [2.75, 3.05) is 7.11 Å². The first kappa shape index (κ1) is 31.7. The molecule has 1 saturated heterocycles. The molecule has 1 fully saturated rings. The Labute approximate surface area is 263 Å². The quantitative estimate of drug-likeness (QED) is 0.139. The molecule has 47 heavy (non-hydrogen) atoms. The van der Waals surface area contributed by atoms with E-state index in [1.165, 1.54) is 38.3 Å². The second-order valence-corrected chi connectivity index (χ2v) is 11.3. The highest BCUT2D eigenvalue weighted by atomic mass is 16.7. The Morgan fingerprint density at radius 3 is 2.32 bits per heavy atom. The summed E-state index contributed by atoms with van der Waals surface area (Å²) in [5, 5.41) is 72.4. The van der Waals surface area contributed by atoms with Crippen molar-refractivity contribution in [3.63, 3.8) is 0 Å². The van der Waals surface area contributed by atoms with Crippen molar-refractivity contribution in [3.05, 3.63) is 56.7 Å². The third-order valence-electron chi connectivity index (χ3n) is 8.41. The van der Waals surface area contributed by atoms with Crippen molar-refractivity contribution < 1.29 is 68.8 Å². The van der Waals surface area contributed by atoms with Gasteiger partial charge in [0.25, 0.3) is 0 Å². The van der Waals surface area contributed by atoms with Crippen molar-refractivity contribution >= 4 is 39.7 Å². The maximum atomic E-state index is 14.0. The SMILES string of the molecule is COc1c2c(c(O)c3c(=O)c4cccc(O[C@@H]5O[C@H](C(=O)O)[C@@H](O)[C@H](O)[C@H]5O)c4oc13)-c1c(cc(CC(C)=O)c(C(=O)O)c1O)CC2. The summed E-state index contributed by atoms with van der Waals surface area (Å²) in [5.41, 5.74) is -1.06. The van der Waals surface area contributed by atoms with Crippen LogP contribution in [0.5, 0.6) is 23.0 Å². The molecule has 0 spiro atoms. The lowest BCUT2D eigenvalue weighted by Gasteiger charge is -2.38. The molecule has 0 unspecified atom stereocenters. The molecule has 1 aromatic heterocycles. The Bertz CT molecular complexity index is 2060. The van der Waals surface area contributed by atoms with E-state index in [0.717, 1.165) is 0 Å². The fourth-order valence-corrected chi connectivity index (χ4v) is 6.34. The molecule has 0 bridgehead atoms. The lowest BCUT2D eigenvalue weighted by atomic mass is 9.80. The molecule has 6 rings (SSSR count). The van der Waals surface area contributed by atoms with Crippen LogP contribution in [0, 0.1) is 0 Å². The van der Waals surface area contributed by atoms with Gasteiger partial charge in [-0.3, -0.25) is 9.59 Å². The molecule has 1 aliphatic carbocycles. The third kappa shape index (κ3) is 4.91. The molecule has 2 heterocycles. The first-order chi connectivity index (χ1) is 22.3. The number of hydrogen-bond acceptors (Lipinski definition) is 13. The number of aromatic carboxylic acids is 1. The molecule has 15 nitrogen and oxygen atoms in total. The summed E-state index contributed by atoms with van der Waals surface area (Å²) in [6, 6.07) is 5.49. The smallest absolute Gasteiger partial charge is 0.339 e. The molecule has 4 aromatic rings. The molecule has 15 heteroatoms. The molecular weight excluding hydrogens is 624 g/mol. The van der Waals surface area contributed by atoms with E-state index in [1.807, 2.05) is 0 Å². The molecule has 0 saturated carbocycles. The summed E-state index contributed by atoms with van der Waals surface area (Å²) < 4.78 is 22.6. The first-order valence-corrected chi connectivity index (χ1v) is 14.3. The van der Waals surface area contributed by atoms with E-state index in [0.29, 0.717) is 5.56 Å². The Kier molecular flexibility index (Phi) is 7.80. The Hall–Kier alpha value is -5.22. The number of carboxylic acids is 2. The van der Waals surface area contributed by atoms with Gasteiger partial charge in [0, 0.05) is 23.1 Å². The molecule has 1 aliphatic heterocycles. The van der Waals surface area contributed by atoms with Crippen LogP contribution in [0.3, 0.4) is 0 Å². The van der Waals surface area contributed by atoms with Crippen LogP contribution in [-0.2, 0) is 33.6 Å². The standard InChI is InChI=1S/C32H28O15/c1-10(33)8-12-9-11-6-7-13-18(16(11)21(35)17(12)30(40)41)22(36)19-20(34)14-4-3-5-15(26(14)46-28(19)27(13)44-2)45-32-25(39)23(37)24(38)29(47-32)31(42)43/h3-5,9,23-25,29,32,35-39H,6-8H2,1-2H3,(H,40,41)(H,42,43)/t23-,24-,25+,29-,32+/m0/s1. The van der Waals surface area contributed by atoms with E-state index in [4.69, 9.17) is 18.6 Å². The minimum Gasteiger partial charge on any atom is -0.506 e. The number of aryl methyl sites for hydroxylation is 1. The van der Waals surface area contributed by atoms with Crippen molar-refractivity contribution in [1.29, 1.82) is 0 Å². The molecule has 5 atom stereocenters. The number of Topliss-reactive ketones (excluding diaryl/α,β-unsaturated/α-hetero) is 1. The number of ether oxygens (including phenoxy) is 3. The number of carboxylic acid groups (broad SMARTS) is 2. The van der Waals surface area contributed by atoms with Crippen LogP contribution in [0.25, 0.3) is 33.1 Å². The number of fused-ring (bicyclic) bond motifs is 5. The van der Waals surface area contributed by atoms with Gasteiger partial charge < -0.3 is 54.4 Å². The minimum atomic E-state index is -1.97. The number of phenolic OH excluding ortho intramolecular Hbond substituents is 1. The molecule has 246 valence electrons. The number of rotatable bonds is 7. The van der Waals surface area contributed by atoms with Crippen LogP contribution in [0.4, 0.5) is 0 Å². The average Bonchev–Trinajstić information content (AvgIpc) is 3.01. The van der Waals surface area contributed by atoms with Crippen molar-refractivity contribution in [1.82, 2.24) is 0 Å². The highest BCUT2D eigenvalue weighted by Gasteiger charge is 2.48. The van der Waals surface area contributed by atoms with Gasteiger partial charge >= 0.3 is 11.9 Å². The van der Waals surface area contributed by atoms with Gasteiger partial charge in [0.1, 0.15) is 46.5 Å². The number of phenols is 2. The van der Waals surface area contributed by atoms with E-state index >= 15 is 0 Å². The predicted octanol–water partition coefficient (Wildman–Crippen LogP) is 1.23. The number of aromatic hydroxyl groups is 2. The number of aliphatic hydroxyl groups is 3. The molecular formula is C32H28O15. The number of carbonyl (C=O) groups is 3. The number of aliphatic hydroxyl groups excluding tert-OH is 3. The first-order valence-electron chi connectivity index (χ1n) is 14.3. The van der Waals surface area contributed by atoms with Crippen molar-refractivity contribution in [3.8, 4) is 34.1 Å². The van der Waals surface area contributed by atoms with Gasteiger partial charge in [0.05, 0.1) is 12.5 Å². The molecule has 2 aliphatic rings. The van der Waals surface area contributed by atoms with Gasteiger partial charge in [0.15, 0.2) is 28.8 Å². The highest BCUT2D eigenvalue weighted by Crippen LogP contribution is 2.53. The normalized spacial score (nSPS) is 22.0. The third-order valence-corrected chi connectivity index (χ3v) is 8.41. The zero-order valence-electron chi connectivity index (χ0n) is 24.7. The number of benzene rings is 3. The Morgan fingerprint density at radius 2 is 1.68 bits per heavy atom. The van der Waals surface area contributed by atoms with Gasteiger partial charge in [-0.05, 0) is 43.0 Å². The maximum Gasteiger partial charge on any atom is 0.339 e. The summed E-state index contributed by atoms with van der Waals surface area (Å²) in [4.78, 5) is 49.6. The van der Waals surface area contributed by atoms with Crippen LogP contribution in [0.15, 0.2) is 33.5 Å². The Balaban J connectivity index is 1.57. The lowest BCUT2D eigenvalue weighted by molar-refractivity contribution is -0.271. The van der Waals surface area contributed by atoms with Crippen molar-refractivity contribution in [2.45, 2.75) is 56.9 Å². The van der Waals surface area contributed by atoms with E-state index < -0.39 is 65.1 Å². The number of aliphatic carboxylic acids is 1. The van der Waals surface area contributed by atoms with Gasteiger partial charge in [0.2, 0.25) is 11.7 Å². The second-order valence-electron chi connectivity index (χ2n) is 11.3. The summed E-state index contributed by atoms with van der Waals surface area (Å²) >= 11 is 0. The van der Waals surface area contributed by atoms with Crippen LogP contribution in [0.1, 0.15) is 34.0 Å². The van der Waals surface area contributed by atoms with Crippen LogP contribution in [0.2, 0.25) is 0 Å². The zero-order valence-corrected chi connectivity index (χ0v) is 24.7. The number of hydrogen-bond donors (Lipinski definition) is 7. The van der Waals surface area contributed by atoms with Crippen LogP contribution in [-0.4, -0.2) is 91.3 Å². The average molecular weight is 653 g/mol. The molecule has 0 radical (unpaired) electrons. The second kappa shape index (κ2) is 11.5. The zero-order chi connectivity index (χ0) is 34.1. The van der Waals surface area contributed by atoms with E-state index in [9.17, 15) is 54.9 Å². The van der Waals surface area contributed by atoms with E-state index in [-0.39, 0.29) is 80.7 Å². The fourth-order valence-electron chi connectivity index (χ4n) is 6.34. The van der Waals surface area contributed by atoms with Crippen LogP contribution >= 0.6 is 0 Å². The molecule has 7 N–H and O–H groups in total. The summed E-state index contributed by atoms with van der Waals surface area (Å²) in [6.45, 7) is 1.28. The monoisotopic (exact) mass is 652 g/mol. The predicted molar refractivity (Wildman–Crippen MR) is 159 cm³/mol. The summed E-state index contributed by atoms with van der Waals surface area (Å²) in [7, 11) is 1.28. The van der Waals surface area contributed by atoms with E-state index in [2.05, 4.69) is 0 Å². The number of ketones is 1. The van der Waals surface area contributed by atoms with Gasteiger partial charge in [-0.1, -0.05) is 12.1 Å². The van der Waals surface area contributed by atoms with Crippen LogP contribution < -0.4 is 14.9 Å². The summed E-state index contributed by atoms with van der Waals surface area (Å²) in [5.74, 6) is -5.02. The minimum absolute atomic E-state index is 0.0187. The van der Waals surface area contributed by atoms with E-state index in [1.54, 1.807) is 0 Å². The number of carbonyl (C=O) groups excluding carboxylic acids is 1. The van der Waals surface area contributed by atoms with Gasteiger partial charge in [-0.2, -0.15) is 0 Å². The molecule has 0 amide bonds. The topological polar surface area (TPSA) is 251 Å². The van der Waals surface area contributed by atoms with Gasteiger partial charge in [-0.15, -0.1) is 0 Å². The number of para-hydroxylation sites is 1. The lowest BCUT2D eigenvalue weighted by Crippen LogP contribution is -2.61. The van der Waals surface area contributed by atoms with Gasteiger partial charge in [-0.25, -0.2) is 9.59 Å².